The predicted molar refractivity (Wildman–Crippen MR) is 72.2 cm³/mol. The molecule has 3 aliphatic heterocycles. The molecule has 8 heteroatoms. The molecule has 3 saturated heterocycles. The van der Waals surface area contributed by atoms with Gasteiger partial charge >= 0.3 is 0 Å². The van der Waals surface area contributed by atoms with Crippen molar-refractivity contribution in [1.29, 1.82) is 0 Å². The first-order chi connectivity index (χ1) is 9.46. The van der Waals surface area contributed by atoms with E-state index < -0.39 is 52.1 Å². The van der Waals surface area contributed by atoms with E-state index in [1.165, 1.54) is 6.26 Å². The van der Waals surface area contributed by atoms with Gasteiger partial charge in [0.2, 0.25) is 0 Å². The standard InChI is InChI=1S/C13H22O7S/c1-12(2)17-8-7(6-21(5,14)15)16-11-10(9(8)18-12)19-13(3,4)20-11/h7-11H,6H2,1-5H3/t7-,8+,9+,10-,11-/m1/s1. The van der Waals surface area contributed by atoms with Gasteiger partial charge in [0.25, 0.3) is 0 Å². The van der Waals surface area contributed by atoms with E-state index in [4.69, 9.17) is 23.7 Å². The lowest BCUT2D eigenvalue weighted by atomic mass is 10.00. The third kappa shape index (κ3) is 3.11. The SMILES string of the molecule is CC1(C)O[C@H]2[C@@H](O1)[C@@H](CS(C)(=O)=O)O[C@@H]1OC(C)(C)O[C@@H]12. The molecule has 3 aliphatic rings. The molecule has 3 fully saturated rings. The minimum Gasteiger partial charge on any atom is -0.343 e. The van der Waals surface area contributed by atoms with Crippen LogP contribution in [0.1, 0.15) is 27.7 Å². The Morgan fingerprint density at radius 2 is 1.38 bits per heavy atom. The van der Waals surface area contributed by atoms with Crippen LogP contribution in [-0.2, 0) is 33.5 Å². The molecule has 122 valence electrons. The van der Waals surface area contributed by atoms with Gasteiger partial charge in [0.05, 0.1) is 5.75 Å². The maximum absolute atomic E-state index is 11.6. The van der Waals surface area contributed by atoms with Crippen molar-refractivity contribution in [3.63, 3.8) is 0 Å². The second kappa shape index (κ2) is 4.62. The van der Waals surface area contributed by atoms with E-state index in [-0.39, 0.29) is 5.75 Å². The Balaban J connectivity index is 1.88. The van der Waals surface area contributed by atoms with Crippen LogP contribution in [0.25, 0.3) is 0 Å². The molecule has 3 rings (SSSR count). The van der Waals surface area contributed by atoms with E-state index in [1.807, 2.05) is 0 Å². The highest BCUT2D eigenvalue weighted by Gasteiger charge is 2.60. The molecule has 0 bridgehead atoms. The van der Waals surface area contributed by atoms with E-state index in [0.717, 1.165) is 0 Å². The Hall–Kier alpha value is -0.250. The summed E-state index contributed by atoms with van der Waals surface area (Å²) in [6.07, 6.45) is -1.44. The molecule has 21 heavy (non-hydrogen) atoms. The Bertz CT molecular complexity index is 527. The van der Waals surface area contributed by atoms with Crippen LogP contribution in [0.2, 0.25) is 0 Å². The van der Waals surface area contributed by atoms with Gasteiger partial charge in [-0.25, -0.2) is 8.42 Å². The lowest BCUT2D eigenvalue weighted by Gasteiger charge is -2.36. The largest absolute Gasteiger partial charge is 0.343 e. The van der Waals surface area contributed by atoms with Gasteiger partial charge in [0.1, 0.15) is 34.3 Å². The van der Waals surface area contributed by atoms with Crippen LogP contribution in [0.4, 0.5) is 0 Å². The first-order valence-electron chi connectivity index (χ1n) is 7.00. The van der Waals surface area contributed by atoms with E-state index >= 15 is 0 Å². The van der Waals surface area contributed by atoms with Gasteiger partial charge in [-0.2, -0.15) is 0 Å². The minimum atomic E-state index is -3.21. The third-order valence-electron chi connectivity index (χ3n) is 3.72. The highest BCUT2D eigenvalue weighted by Crippen LogP contribution is 2.44. The number of ether oxygens (including phenoxy) is 5. The third-order valence-corrected chi connectivity index (χ3v) is 4.65. The van der Waals surface area contributed by atoms with Gasteiger partial charge in [-0.1, -0.05) is 0 Å². The Morgan fingerprint density at radius 3 is 2.00 bits per heavy atom. The second-order valence-corrected chi connectivity index (χ2v) is 8.99. The van der Waals surface area contributed by atoms with Gasteiger partial charge in [-0.3, -0.25) is 0 Å². The summed E-state index contributed by atoms with van der Waals surface area (Å²) in [4.78, 5) is 0. The van der Waals surface area contributed by atoms with Gasteiger partial charge in [0.15, 0.2) is 17.9 Å². The number of hydrogen-bond donors (Lipinski definition) is 0. The van der Waals surface area contributed by atoms with Crippen molar-refractivity contribution in [1.82, 2.24) is 0 Å². The van der Waals surface area contributed by atoms with Crippen molar-refractivity contribution in [3.8, 4) is 0 Å². The first kappa shape index (κ1) is 15.6. The molecule has 0 aromatic heterocycles. The number of sulfone groups is 1. The van der Waals surface area contributed by atoms with Gasteiger partial charge in [-0.15, -0.1) is 0 Å². The monoisotopic (exact) mass is 322 g/mol. The van der Waals surface area contributed by atoms with Crippen LogP contribution < -0.4 is 0 Å². The summed E-state index contributed by atoms with van der Waals surface area (Å²) in [5.41, 5.74) is 0. The summed E-state index contributed by atoms with van der Waals surface area (Å²) >= 11 is 0. The quantitative estimate of drug-likeness (QED) is 0.729. The lowest BCUT2D eigenvalue weighted by molar-refractivity contribution is -0.228. The van der Waals surface area contributed by atoms with Crippen LogP contribution in [0.5, 0.6) is 0 Å². The number of rotatable bonds is 2. The smallest absolute Gasteiger partial charge is 0.190 e. The zero-order valence-electron chi connectivity index (χ0n) is 12.9. The summed E-state index contributed by atoms with van der Waals surface area (Å²) in [7, 11) is -3.21. The molecular formula is C13H22O7S. The normalized spacial score (nSPS) is 44.3. The van der Waals surface area contributed by atoms with Crippen LogP contribution in [0, 0.1) is 0 Å². The number of fused-ring (bicyclic) bond motifs is 3. The Morgan fingerprint density at radius 1 is 0.857 bits per heavy atom. The van der Waals surface area contributed by atoms with Crippen molar-refractivity contribution in [3.05, 3.63) is 0 Å². The fourth-order valence-electron chi connectivity index (χ4n) is 3.13. The van der Waals surface area contributed by atoms with Crippen molar-refractivity contribution >= 4 is 9.84 Å². The van der Waals surface area contributed by atoms with Crippen LogP contribution >= 0.6 is 0 Å². The molecule has 0 amide bonds. The zero-order chi connectivity index (χ0) is 15.6. The van der Waals surface area contributed by atoms with Crippen molar-refractivity contribution in [2.75, 3.05) is 12.0 Å². The number of hydrogen-bond acceptors (Lipinski definition) is 7. The van der Waals surface area contributed by atoms with Crippen molar-refractivity contribution < 1.29 is 32.1 Å². The Kier molecular flexibility index (Phi) is 3.44. The topological polar surface area (TPSA) is 80.3 Å². The first-order valence-corrected chi connectivity index (χ1v) is 9.06. The molecule has 0 aliphatic carbocycles. The van der Waals surface area contributed by atoms with E-state index in [1.54, 1.807) is 27.7 Å². The summed E-state index contributed by atoms with van der Waals surface area (Å²) in [6, 6.07) is 0. The van der Waals surface area contributed by atoms with E-state index in [0.29, 0.717) is 0 Å². The molecule has 0 unspecified atom stereocenters. The Labute approximate surface area is 124 Å². The second-order valence-electron chi connectivity index (χ2n) is 6.80. The highest BCUT2D eigenvalue weighted by molar-refractivity contribution is 7.90. The molecule has 0 spiro atoms. The summed E-state index contributed by atoms with van der Waals surface area (Å²) in [5.74, 6) is -1.74. The van der Waals surface area contributed by atoms with Crippen LogP contribution in [0.15, 0.2) is 0 Å². The fraction of sp³-hybridized carbons (Fsp3) is 1.00. The molecule has 5 atom stereocenters. The predicted octanol–water partition coefficient (Wildman–Crippen LogP) is 0.428. The fourth-order valence-corrected chi connectivity index (χ4v) is 3.99. The van der Waals surface area contributed by atoms with Crippen LogP contribution in [-0.4, -0.2) is 62.7 Å². The van der Waals surface area contributed by atoms with E-state index in [9.17, 15) is 8.42 Å². The average Bonchev–Trinajstić information content (AvgIpc) is 2.71. The van der Waals surface area contributed by atoms with Crippen LogP contribution in [0.3, 0.4) is 0 Å². The van der Waals surface area contributed by atoms with Crippen molar-refractivity contribution in [2.45, 2.75) is 70.0 Å². The van der Waals surface area contributed by atoms with Gasteiger partial charge in [0, 0.05) is 6.26 Å². The molecule has 0 aromatic carbocycles. The maximum Gasteiger partial charge on any atom is 0.190 e. The van der Waals surface area contributed by atoms with E-state index in [2.05, 4.69) is 0 Å². The van der Waals surface area contributed by atoms with Gasteiger partial charge in [-0.05, 0) is 27.7 Å². The maximum atomic E-state index is 11.6. The molecule has 7 nitrogen and oxygen atoms in total. The summed E-state index contributed by atoms with van der Waals surface area (Å²) in [5, 5.41) is 0. The zero-order valence-corrected chi connectivity index (χ0v) is 13.7. The average molecular weight is 322 g/mol. The van der Waals surface area contributed by atoms with Crippen molar-refractivity contribution in [2.24, 2.45) is 0 Å². The summed E-state index contributed by atoms with van der Waals surface area (Å²) in [6.45, 7) is 7.16. The minimum absolute atomic E-state index is 0.138. The summed E-state index contributed by atoms with van der Waals surface area (Å²) < 4.78 is 52.3. The molecular weight excluding hydrogens is 300 g/mol. The van der Waals surface area contributed by atoms with Gasteiger partial charge < -0.3 is 23.7 Å². The molecule has 3 heterocycles. The molecule has 0 radical (unpaired) electrons. The lowest BCUT2D eigenvalue weighted by Crippen LogP contribution is -2.56. The molecule has 0 saturated carbocycles. The highest BCUT2D eigenvalue weighted by atomic mass is 32.2. The molecule has 0 N–H and O–H groups in total. The molecule has 0 aromatic rings.